The number of rotatable bonds is 2. The summed E-state index contributed by atoms with van der Waals surface area (Å²) in [4.78, 5) is 7.87. The van der Waals surface area contributed by atoms with Gasteiger partial charge in [-0.05, 0) is 0 Å². The summed E-state index contributed by atoms with van der Waals surface area (Å²) in [6, 6.07) is 0. The second-order valence-electron chi connectivity index (χ2n) is 2.98. The second kappa shape index (κ2) is 4.15. The molecule has 0 radical (unpaired) electrons. The maximum absolute atomic E-state index is 3.93. The van der Waals surface area contributed by atoms with Crippen LogP contribution in [-0.2, 0) is 0 Å². The molecule has 0 unspecified atom stereocenters. The van der Waals surface area contributed by atoms with Crippen molar-refractivity contribution in [3.8, 4) is 0 Å². The van der Waals surface area contributed by atoms with Crippen molar-refractivity contribution in [2.45, 2.75) is 0 Å². The molecule has 70 valence electrons. The normalized spacial score (nSPS) is 18.5. The molecular weight excluding hydrogens is 166 g/mol. The summed E-state index contributed by atoms with van der Waals surface area (Å²) in [6.45, 7) is 4.07. The lowest BCUT2D eigenvalue weighted by Crippen LogP contribution is -2.46. The smallest absolute Gasteiger partial charge is 0.115 e. The minimum Gasteiger partial charge on any atom is -0.316 e. The highest BCUT2D eigenvalue weighted by Gasteiger charge is 2.08. The van der Waals surface area contributed by atoms with Gasteiger partial charge in [-0.1, -0.05) is 0 Å². The number of anilines is 1. The standard InChI is InChI=1S/C8H13N5/c1-3-13(4-2-9-1)12-8-5-10-7-11-6-8/h5-7,9,12H,1-4H2. The lowest BCUT2D eigenvalue weighted by atomic mass is 10.4. The van der Waals surface area contributed by atoms with Gasteiger partial charge in [0.2, 0.25) is 0 Å². The maximum atomic E-state index is 3.93. The Bertz CT molecular complexity index is 244. The summed E-state index contributed by atoms with van der Waals surface area (Å²) < 4.78 is 0. The first-order chi connectivity index (χ1) is 6.45. The van der Waals surface area contributed by atoms with Crippen molar-refractivity contribution >= 4 is 5.69 Å². The lowest BCUT2D eigenvalue weighted by molar-refractivity contribution is 0.287. The summed E-state index contributed by atoms with van der Waals surface area (Å²) in [5.41, 5.74) is 4.20. The van der Waals surface area contributed by atoms with Crippen LogP contribution in [0, 0.1) is 0 Å². The molecule has 0 amide bonds. The molecular formula is C8H13N5. The van der Waals surface area contributed by atoms with E-state index < -0.39 is 0 Å². The molecule has 0 atom stereocenters. The number of nitrogens with zero attached hydrogens (tertiary/aromatic N) is 3. The molecule has 1 saturated heterocycles. The molecule has 13 heavy (non-hydrogen) atoms. The Kier molecular flexibility index (Phi) is 2.68. The van der Waals surface area contributed by atoms with Gasteiger partial charge in [0, 0.05) is 26.2 Å². The number of aromatic nitrogens is 2. The Balaban J connectivity index is 1.90. The third-order valence-corrected chi connectivity index (χ3v) is 1.96. The first-order valence-corrected chi connectivity index (χ1v) is 4.42. The van der Waals surface area contributed by atoms with Gasteiger partial charge >= 0.3 is 0 Å². The van der Waals surface area contributed by atoms with Crippen LogP contribution in [0.25, 0.3) is 0 Å². The molecule has 5 nitrogen and oxygen atoms in total. The van der Waals surface area contributed by atoms with Crippen molar-refractivity contribution in [3.05, 3.63) is 18.7 Å². The van der Waals surface area contributed by atoms with Crippen LogP contribution in [0.1, 0.15) is 0 Å². The van der Waals surface area contributed by atoms with E-state index in [1.807, 2.05) is 0 Å². The lowest BCUT2D eigenvalue weighted by Gasteiger charge is -2.28. The van der Waals surface area contributed by atoms with Crippen LogP contribution in [-0.4, -0.2) is 41.2 Å². The Morgan fingerprint density at radius 1 is 1.23 bits per heavy atom. The summed E-state index contributed by atoms with van der Waals surface area (Å²) in [5.74, 6) is 0. The Hall–Kier alpha value is -1.20. The van der Waals surface area contributed by atoms with E-state index in [0.717, 1.165) is 31.9 Å². The highest BCUT2D eigenvalue weighted by molar-refractivity contribution is 5.35. The Morgan fingerprint density at radius 3 is 2.62 bits per heavy atom. The SMILES string of the molecule is c1ncc(NN2CCNCC2)cn1. The zero-order chi connectivity index (χ0) is 8.93. The van der Waals surface area contributed by atoms with Crippen LogP contribution in [0.2, 0.25) is 0 Å². The first kappa shape index (κ1) is 8.40. The van der Waals surface area contributed by atoms with Gasteiger partial charge in [0.15, 0.2) is 0 Å². The fourth-order valence-electron chi connectivity index (χ4n) is 1.32. The topological polar surface area (TPSA) is 53.1 Å². The first-order valence-electron chi connectivity index (χ1n) is 4.42. The maximum Gasteiger partial charge on any atom is 0.115 e. The van der Waals surface area contributed by atoms with Crippen LogP contribution >= 0.6 is 0 Å². The summed E-state index contributed by atoms with van der Waals surface area (Å²) in [7, 11) is 0. The molecule has 0 aromatic carbocycles. The van der Waals surface area contributed by atoms with Gasteiger partial charge in [-0.25, -0.2) is 15.0 Å². The van der Waals surface area contributed by atoms with Gasteiger partial charge in [0.05, 0.1) is 18.1 Å². The van der Waals surface area contributed by atoms with Crippen molar-refractivity contribution in [2.24, 2.45) is 0 Å². The van der Waals surface area contributed by atoms with E-state index in [1.165, 1.54) is 6.33 Å². The average molecular weight is 179 g/mol. The molecule has 1 aromatic heterocycles. The predicted octanol–water partition coefficient (Wildman–Crippen LogP) is -0.291. The van der Waals surface area contributed by atoms with Crippen molar-refractivity contribution in [2.75, 3.05) is 31.6 Å². The zero-order valence-corrected chi connectivity index (χ0v) is 7.40. The molecule has 0 saturated carbocycles. The van der Waals surface area contributed by atoms with E-state index >= 15 is 0 Å². The van der Waals surface area contributed by atoms with Gasteiger partial charge in [-0.2, -0.15) is 0 Å². The molecule has 2 N–H and O–H groups in total. The van der Waals surface area contributed by atoms with E-state index in [2.05, 4.69) is 25.7 Å². The van der Waals surface area contributed by atoms with Gasteiger partial charge in [0.25, 0.3) is 0 Å². The number of piperazine rings is 1. The van der Waals surface area contributed by atoms with Crippen molar-refractivity contribution in [1.29, 1.82) is 0 Å². The van der Waals surface area contributed by atoms with Crippen LogP contribution in [0.3, 0.4) is 0 Å². The predicted molar refractivity (Wildman–Crippen MR) is 50.1 cm³/mol. The number of hydrazine groups is 1. The van der Waals surface area contributed by atoms with E-state index in [0.29, 0.717) is 0 Å². The molecule has 1 fully saturated rings. The van der Waals surface area contributed by atoms with Gasteiger partial charge in [-0.15, -0.1) is 0 Å². The number of nitrogens with one attached hydrogen (secondary N) is 2. The molecule has 0 bridgehead atoms. The minimum absolute atomic E-state index is 0.949. The molecule has 1 aliphatic rings. The summed E-state index contributed by atoms with van der Waals surface area (Å²) in [5, 5.41) is 5.45. The van der Waals surface area contributed by atoms with Crippen LogP contribution in [0.15, 0.2) is 18.7 Å². The van der Waals surface area contributed by atoms with Crippen LogP contribution in [0.5, 0.6) is 0 Å². The van der Waals surface area contributed by atoms with E-state index in [-0.39, 0.29) is 0 Å². The van der Waals surface area contributed by atoms with E-state index in [9.17, 15) is 0 Å². The molecule has 5 heteroatoms. The van der Waals surface area contributed by atoms with Gasteiger partial charge in [0.1, 0.15) is 6.33 Å². The van der Waals surface area contributed by atoms with E-state index in [1.54, 1.807) is 12.4 Å². The molecule has 0 aliphatic carbocycles. The number of hydrogen-bond acceptors (Lipinski definition) is 5. The fourth-order valence-corrected chi connectivity index (χ4v) is 1.32. The van der Waals surface area contributed by atoms with E-state index in [4.69, 9.17) is 0 Å². The fraction of sp³-hybridized carbons (Fsp3) is 0.500. The van der Waals surface area contributed by atoms with Crippen molar-refractivity contribution in [3.63, 3.8) is 0 Å². The Morgan fingerprint density at radius 2 is 1.92 bits per heavy atom. The van der Waals surface area contributed by atoms with Crippen molar-refractivity contribution in [1.82, 2.24) is 20.3 Å². The molecule has 2 heterocycles. The average Bonchev–Trinajstić information content (AvgIpc) is 2.21. The highest BCUT2D eigenvalue weighted by atomic mass is 15.5. The quantitative estimate of drug-likeness (QED) is 0.653. The van der Waals surface area contributed by atoms with Crippen LogP contribution < -0.4 is 10.7 Å². The molecule has 0 spiro atoms. The van der Waals surface area contributed by atoms with Gasteiger partial charge in [-0.3, -0.25) is 0 Å². The largest absolute Gasteiger partial charge is 0.316 e. The third kappa shape index (κ3) is 2.37. The monoisotopic (exact) mass is 179 g/mol. The molecule has 1 aromatic rings. The van der Waals surface area contributed by atoms with Crippen LogP contribution in [0.4, 0.5) is 5.69 Å². The minimum atomic E-state index is 0.949. The Labute approximate surface area is 77.2 Å². The third-order valence-electron chi connectivity index (χ3n) is 1.96. The van der Waals surface area contributed by atoms with Gasteiger partial charge < -0.3 is 10.7 Å². The second-order valence-corrected chi connectivity index (χ2v) is 2.98. The molecule has 1 aliphatic heterocycles. The summed E-state index contributed by atoms with van der Waals surface area (Å²) >= 11 is 0. The molecule has 2 rings (SSSR count). The van der Waals surface area contributed by atoms with Crippen molar-refractivity contribution < 1.29 is 0 Å². The zero-order valence-electron chi connectivity index (χ0n) is 7.40. The highest BCUT2D eigenvalue weighted by Crippen LogP contribution is 2.02. The summed E-state index contributed by atoms with van der Waals surface area (Å²) in [6.07, 6.45) is 5.08. The number of hydrogen-bond donors (Lipinski definition) is 2.